The lowest BCUT2D eigenvalue weighted by Gasteiger charge is -2.16. The molecule has 1 aromatic carbocycles. The summed E-state index contributed by atoms with van der Waals surface area (Å²) in [5.41, 5.74) is 7.87. The number of amides is 1. The van der Waals surface area contributed by atoms with Gasteiger partial charge in [-0.05, 0) is 31.0 Å². The van der Waals surface area contributed by atoms with E-state index < -0.39 is 0 Å². The molecule has 1 saturated carbocycles. The van der Waals surface area contributed by atoms with E-state index in [0.717, 1.165) is 18.5 Å². The molecule has 0 heterocycles. The van der Waals surface area contributed by atoms with Crippen molar-refractivity contribution in [2.24, 2.45) is 5.41 Å². The summed E-state index contributed by atoms with van der Waals surface area (Å²) < 4.78 is 0. The number of aliphatic hydroxyl groups is 1. The highest BCUT2D eigenvalue weighted by Gasteiger charge is 2.42. The average molecular weight is 263 g/mol. The minimum Gasteiger partial charge on any atom is -0.397 e. The standard InChI is InChI=1S/C14H21N3O2/c1-17(2)12-4-3-10(7-11(12)15)13(19)16-8-14(9-18)5-6-14/h3-4,7,18H,5-6,8-9,15H2,1-2H3,(H,16,19). The molecule has 0 unspecified atom stereocenters. The molecule has 0 saturated heterocycles. The molecular weight excluding hydrogens is 242 g/mol. The third kappa shape index (κ3) is 2.98. The van der Waals surface area contributed by atoms with Crippen molar-refractivity contribution in [2.45, 2.75) is 12.8 Å². The van der Waals surface area contributed by atoms with Crippen LogP contribution in [0.25, 0.3) is 0 Å². The van der Waals surface area contributed by atoms with Gasteiger partial charge in [-0.15, -0.1) is 0 Å². The van der Waals surface area contributed by atoms with Gasteiger partial charge in [0.1, 0.15) is 0 Å². The van der Waals surface area contributed by atoms with Gasteiger partial charge in [-0.25, -0.2) is 0 Å². The molecule has 2 rings (SSSR count). The van der Waals surface area contributed by atoms with Gasteiger partial charge in [-0.3, -0.25) is 4.79 Å². The largest absolute Gasteiger partial charge is 0.397 e. The van der Waals surface area contributed by atoms with Crippen LogP contribution in [0.5, 0.6) is 0 Å². The first-order chi connectivity index (χ1) is 8.97. The van der Waals surface area contributed by atoms with Gasteiger partial charge in [0.05, 0.1) is 18.0 Å². The number of nitrogens with one attached hydrogen (secondary N) is 1. The van der Waals surface area contributed by atoms with Gasteiger partial charge in [0.2, 0.25) is 0 Å². The maximum absolute atomic E-state index is 12.0. The first kappa shape index (κ1) is 13.7. The van der Waals surface area contributed by atoms with Crippen molar-refractivity contribution < 1.29 is 9.90 Å². The molecule has 1 fully saturated rings. The number of hydrogen-bond acceptors (Lipinski definition) is 4. The number of anilines is 2. The third-order valence-corrected chi connectivity index (χ3v) is 3.69. The van der Waals surface area contributed by atoms with Crippen LogP contribution in [0.2, 0.25) is 0 Å². The zero-order chi connectivity index (χ0) is 14.0. The molecule has 5 nitrogen and oxygen atoms in total. The second-order valence-corrected chi connectivity index (χ2v) is 5.51. The third-order valence-electron chi connectivity index (χ3n) is 3.69. The number of hydrogen-bond donors (Lipinski definition) is 3. The number of nitrogens with zero attached hydrogens (tertiary/aromatic N) is 1. The van der Waals surface area contributed by atoms with E-state index in [9.17, 15) is 9.90 Å². The van der Waals surface area contributed by atoms with E-state index in [1.807, 2.05) is 25.1 Å². The zero-order valence-corrected chi connectivity index (χ0v) is 11.4. The van der Waals surface area contributed by atoms with Gasteiger partial charge in [0.15, 0.2) is 0 Å². The Morgan fingerprint density at radius 3 is 2.63 bits per heavy atom. The van der Waals surface area contributed by atoms with Crippen LogP contribution in [0, 0.1) is 5.41 Å². The molecule has 19 heavy (non-hydrogen) atoms. The highest BCUT2D eigenvalue weighted by atomic mass is 16.3. The Morgan fingerprint density at radius 2 is 2.16 bits per heavy atom. The number of nitrogens with two attached hydrogens (primary N) is 1. The molecule has 0 atom stereocenters. The van der Waals surface area contributed by atoms with E-state index in [0.29, 0.717) is 17.8 Å². The summed E-state index contributed by atoms with van der Waals surface area (Å²) in [6.45, 7) is 0.659. The molecule has 104 valence electrons. The van der Waals surface area contributed by atoms with Crippen molar-refractivity contribution in [2.75, 3.05) is 37.9 Å². The van der Waals surface area contributed by atoms with Gasteiger partial charge in [-0.2, -0.15) is 0 Å². The topological polar surface area (TPSA) is 78.6 Å². The fourth-order valence-electron chi connectivity index (χ4n) is 2.04. The summed E-state index contributed by atoms with van der Waals surface area (Å²) >= 11 is 0. The van der Waals surface area contributed by atoms with Gasteiger partial charge in [-0.1, -0.05) is 0 Å². The lowest BCUT2D eigenvalue weighted by molar-refractivity contribution is 0.0935. The van der Waals surface area contributed by atoms with E-state index >= 15 is 0 Å². The molecule has 1 amide bonds. The molecule has 0 aromatic heterocycles. The fraction of sp³-hybridized carbons (Fsp3) is 0.500. The van der Waals surface area contributed by atoms with E-state index in [4.69, 9.17) is 5.73 Å². The van der Waals surface area contributed by atoms with Crippen LogP contribution in [0.15, 0.2) is 18.2 Å². The maximum Gasteiger partial charge on any atom is 0.251 e. The van der Waals surface area contributed by atoms with E-state index in [1.165, 1.54) is 0 Å². The smallest absolute Gasteiger partial charge is 0.251 e. The van der Waals surface area contributed by atoms with Crippen molar-refractivity contribution in [3.8, 4) is 0 Å². The molecule has 0 spiro atoms. The quantitative estimate of drug-likeness (QED) is 0.688. The Kier molecular flexibility index (Phi) is 3.66. The van der Waals surface area contributed by atoms with Crippen LogP contribution in [0.4, 0.5) is 11.4 Å². The van der Waals surface area contributed by atoms with Crippen LogP contribution >= 0.6 is 0 Å². The van der Waals surface area contributed by atoms with Gasteiger partial charge >= 0.3 is 0 Å². The monoisotopic (exact) mass is 263 g/mol. The Bertz CT molecular complexity index is 482. The van der Waals surface area contributed by atoms with Crippen molar-refractivity contribution >= 4 is 17.3 Å². The first-order valence-corrected chi connectivity index (χ1v) is 6.43. The van der Waals surface area contributed by atoms with E-state index in [-0.39, 0.29) is 17.9 Å². The SMILES string of the molecule is CN(C)c1ccc(C(=O)NCC2(CO)CC2)cc1N. The number of benzene rings is 1. The normalized spacial score (nSPS) is 15.9. The minimum absolute atomic E-state index is 0.0786. The predicted molar refractivity (Wildman–Crippen MR) is 76.3 cm³/mol. The Morgan fingerprint density at radius 1 is 1.47 bits per heavy atom. The van der Waals surface area contributed by atoms with Crippen LogP contribution in [-0.4, -0.2) is 38.3 Å². The highest BCUT2D eigenvalue weighted by Crippen LogP contribution is 2.44. The minimum atomic E-state index is -0.142. The lowest BCUT2D eigenvalue weighted by atomic mass is 10.1. The molecule has 1 aliphatic carbocycles. The van der Waals surface area contributed by atoms with Crippen LogP contribution in [0.1, 0.15) is 23.2 Å². The summed E-state index contributed by atoms with van der Waals surface area (Å²) in [6, 6.07) is 5.28. The van der Waals surface area contributed by atoms with Crippen molar-refractivity contribution in [3.63, 3.8) is 0 Å². The number of carbonyl (C=O) groups is 1. The molecule has 5 heteroatoms. The number of aliphatic hydroxyl groups excluding tert-OH is 1. The Balaban J connectivity index is 2.01. The summed E-state index contributed by atoms with van der Waals surface area (Å²) in [7, 11) is 3.81. The van der Waals surface area contributed by atoms with Crippen molar-refractivity contribution in [1.82, 2.24) is 5.32 Å². The highest BCUT2D eigenvalue weighted by molar-refractivity contribution is 5.96. The number of nitrogen functional groups attached to an aromatic ring is 1. The van der Waals surface area contributed by atoms with Crippen LogP contribution in [0.3, 0.4) is 0 Å². The second kappa shape index (κ2) is 5.09. The molecule has 0 radical (unpaired) electrons. The zero-order valence-electron chi connectivity index (χ0n) is 11.4. The molecular formula is C14H21N3O2. The first-order valence-electron chi connectivity index (χ1n) is 6.43. The molecule has 1 aromatic rings. The summed E-state index contributed by atoms with van der Waals surface area (Å²) in [6.07, 6.45) is 1.96. The van der Waals surface area contributed by atoms with Gasteiger partial charge < -0.3 is 21.1 Å². The molecule has 0 bridgehead atoms. The maximum atomic E-state index is 12.0. The second-order valence-electron chi connectivity index (χ2n) is 5.51. The fourth-order valence-corrected chi connectivity index (χ4v) is 2.04. The summed E-state index contributed by atoms with van der Waals surface area (Å²) in [5.74, 6) is -0.142. The summed E-state index contributed by atoms with van der Waals surface area (Å²) in [4.78, 5) is 13.9. The van der Waals surface area contributed by atoms with E-state index in [1.54, 1.807) is 12.1 Å². The lowest BCUT2D eigenvalue weighted by Crippen LogP contribution is -2.31. The predicted octanol–water partition coefficient (Wildman–Crippen LogP) is 0.837. The number of carbonyl (C=O) groups excluding carboxylic acids is 1. The van der Waals surface area contributed by atoms with Crippen LogP contribution < -0.4 is 16.0 Å². The van der Waals surface area contributed by atoms with Crippen molar-refractivity contribution in [1.29, 1.82) is 0 Å². The van der Waals surface area contributed by atoms with E-state index in [2.05, 4.69) is 5.32 Å². The Hall–Kier alpha value is -1.75. The molecule has 1 aliphatic rings. The average Bonchev–Trinajstić information content (AvgIpc) is 3.16. The molecule has 0 aliphatic heterocycles. The van der Waals surface area contributed by atoms with Crippen LogP contribution in [-0.2, 0) is 0 Å². The summed E-state index contributed by atoms with van der Waals surface area (Å²) in [5, 5.41) is 12.1. The van der Waals surface area contributed by atoms with Gasteiger partial charge in [0, 0.05) is 31.6 Å². The molecule has 4 N–H and O–H groups in total. The Labute approximate surface area is 113 Å². The van der Waals surface area contributed by atoms with Crippen molar-refractivity contribution in [3.05, 3.63) is 23.8 Å². The number of rotatable bonds is 5. The van der Waals surface area contributed by atoms with Gasteiger partial charge in [0.25, 0.3) is 5.91 Å².